The number of hydrogen-bond donors (Lipinski definition) is 2. The van der Waals surface area contributed by atoms with Gasteiger partial charge >= 0.3 is 0 Å². The fourth-order valence-corrected chi connectivity index (χ4v) is 3.01. The van der Waals surface area contributed by atoms with E-state index in [0.29, 0.717) is 11.1 Å². The van der Waals surface area contributed by atoms with Gasteiger partial charge in [0.15, 0.2) is 0 Å². The average Bonchev–Trinajstić information content (AvgIpc) is 2.45. The van der Waals surface area contributed by atoms with Crippen LogP contribution in [0.4, 0.5) is 0 Å². The molecule has 0 unspecified atom stereocenters. The number of H-pyrrole nitrogens is 1. The standard InChI is InChI=1S/C12H6Cl5NO2/c13-7-6(8(14)10(16)11(17)9(7)15)4-1-5(3-19)12(20)18-2-4/h1-2,19H,3H2,(H,18,20). The molecule has 1 aromatic heterocycles. The zero-order valence-electron chi connectivity index (χ0n) is 9.61. The third kappa shape index (κ3) is 2.67. The van der Waals surface area contributed by atoms with Gasteiger partial charge in [-0.25, -0.2) is 0 Å². The molecule has 1 heterocycles. The van der Waals surface area contributed by atoms with Crippen LogP contribution in [0.1, 0.15) is 5.56 Å². The Bertz CT molecular complexity index is 712. The largest absolute Gasteiger partial charge is 0.391 e. The Morgan fingerprint density at radius 2 is 1.45 bits per heavy atom. The highest BCUT2D eigenvalue weighted by Crippen LogP contribution is 2.47. The highest BCUT2D eigenvalue weighted by Gasteiger charge is 2.20. The highest BCUT2D eigenvalue weighted by atomic mass is 35.5. The zero-order chi connectivity index (χ0) is 15.0. The number of hydrogen-bond acceptors (Lipinski definition) is 2. The van der Waals surface area contributed by atoms with E-state index in [9.17, 15) is 4.79 Å². The third-order valence-corrected chi connectivity index (χ3v) is 4.93. The molecule has 106 valence electrons. The predicted molar refractivity (Wildman–Crippen MR) is 83.5 cm³/mol. The van der Waals surface area contributed by atoms with Gasteiger partial charge in [0.1, 0.15) is 0 Å². The summed E-state index contributed by atoms with van der Waals surface area (Å²) in [5.74, 6) is 0. The first-order chi connectivity index (χ1) is 9.38. The van der Waals surface area contributed by atoms with Gasteiger partial charge in [-0.15, -0.1) is 0 Å². The molecule has 8 heteroatoms. The first-order valence-electron chi connectivity index (χ1n) is 5.22. The fraction of sp³-hybridized carbons (Fsp3) is 0.0833. The molecule has 0 fully saturated rings. The maximum Gasteiger partial charge on any atom is 0.253 e. The number of aliphatic hydroxyl groups is 1. The van der Waals surface area contributed by atoms with Gasteiger partial charge in [0.2, 0.25) is 0 Å². The predicted octanol–water partition coefficient (Wildman–Crippen LogP) is 4.80. The second kappa shape index (κ2) is 6.14. The molecule has 0 amide bonds. The molecule has 0 saturated heterocycles. The number of aromatic nitrogens is 1. The van der Waals surface area contributed by atoms with Crippen LogP contribution in [0.2, 0.25) is 25.1 Å². The van der Waals surface area contributed by atoms with E-state index in [-0.39, 0.29) is 30.7 Å². The van der Waals surface area contributed by atoms with E-state index >= 15 is 0 Å². The minimum Gasteiger partial charge on any atom is -0.391 e. The van der Waals surface area contributed by atoms with Crippen molar-refractivity contribution in [3.8, 4) is 11.1 Å². The minimum atomic E-state index is -0.423. The Kier molecular flexibility index (Phi) is 4.90. The SMILES string of the molecule is O=c1[nH]cc(-c2c(Cl)c(Cl)c(Cl)c(Cl)c2Cl)cc1CO. The van der Waals surface area contributed by atoms with Crippen molar-refractivity contribution >= 4 is 58.0 Å². The van der Waals surface area contributed by atoms with Crippen molar-refractivity contribution < 1.29 is 5.11 Å². The summed E-state index contributed by atoms with van der Waals surface area (Å²) in [5, 5.41) is 9.53. The number of benzene rings is 1. The van der Waals surface area contributed by atoms with E-state index in [1.54, 1.807) is 0 Å². The molecule has 0 saturated carbocycles. The monoisotopic (exact) mass is 371 g/mol. The Hall–Kier alpha value is -0.420. The van der Waals surface area contributed by atoms with E-state index in [1.165, 1.54) is 12.3 Å². The summed E-state index contributed by atoms with van der Waals surface area (Å²) in [5.41, 5.74) is 0.550. The minimum absolute atomic E-state index is 0.0545. The molecule has 0 atom stereocenters. The number of nitrogens with one attached hydrogen (secondary N) is 1. The molecule has 2 aromatic rings. The molecule has 0 spiro atoms. The Morgan fingerprint density at radius 3 is 1.95 bits per heavy atom. The van der Waals surface area contributed by atoms with Crippen LogP contribution in [0.5, 0.6) is 0 Å². The summed E-state index contributed by atoms with van der Waals surface area (Å²) in [4.78, 5) is 13.9. The Labute approximate surface area is 139 Å². The topological polar surface area (TPSA) is 53.1 Å². The van der Waals surface area contributed by atoms with Crippen LogP contribution in [0.15, 0.2) is 17.1 Å². The maximum absolute atomic E-state index is 11.4. The number of aromatic amines is 1. The molecule has 2 N–H and O–H groups in total. The normalized spacial score (nSPS) is 10.9. The molecule has 0 radical (unpaired) electrons. The van der Waals surface area contributed by atoms with E-state index < -0.39 is 12.2 Å². The fourth-order valence-electron chi connectivity index (χ4n) is 1.65. The molecule has 3 nitrogen and oxygen atoms in total. The molecular weight excluding hydrogens is 367 g/mol. The number of aliphatic hydroxyl groups excluding tert-OH is 1. The smallest absolute Gasteiger partial charge is 0.253 e. The second-order valence-electron chi connectivity index (χ2n) is 3.85. The molecule has 0 aliphatic heterocycles. The summed E-state index contributed by atoms with van der Waals surface area (Å²) in [6, 6.07) is 1.45. The van der Waals surface area contributed by atoms with Gasteiger partial charge in [0, 0.05) is 22.9 Å². The van der Waals surface area contributed by atoms with Gasteiger partial charge in [-0.1, -0.05) is 58.0 Å². The zero-order valence-corrected chi connectivity index (χ0v) is 13.4. The van der Waals surface area contributed by atoms with E-state index in [4.69, 9.17) is 63.1 Å². The lowest BCUT2D eigenvalue weighted by Gasteiger charge is -2.13. The number of rotatable bonds is 2. The summed E-state index contributed by atoms with van der Waals surface area (Å²) < 4.78 is 0. The van der Waals surface area contributed by atoms with Gasteiger partial charge < -0.3 is 10.1 Å². The van der Waals surface area contributed by atoms with Crippen molar-refractivity contribution in [2.75, 3.05) is 0 Å². The number of pyridine rings is 1. The lowest BCUT2D eigenvalue weighted by atomic mass is 10.1. The third-order valence-electron chi connectivity index (χ3n) is 2.65. The Balaban J connectivity index is 2.80. The number of halogens is 5. The molecular formula is C12H6Cl5NO2. The second-order valence-corrected chi connectivity index (χ2v) is 5.74. The van der Waals surface area contributed by atoms with Crippen LogP contribution >= 0.6 is 58.0 Å². The van der Waals surface area contributed by atoms with Crippen molar-refractivity contribution in [2.24, 2.45) is 0 Å². The molecule has 1 aromatic carbocycles. The van der Waals surface area contributed by atoms with Crippen LogP contribution < -0.4 is 5.56 Å². The van der Waals surface area contributed by atoms with Gasteiger partial charge in [0.05, 0.1) is 31.7 Å². The molecule has 0 aliphatic carbocycles. The molecule has 20 heavy (non-hydrogen) atoms. The van der Waals surface area contributed by atoms with Crippen molar-refractivity contribution in [1.82, 2.24) is 4.98 Å². The Morgan fingerprint density at radius 1 is 0.950 bits per heavy atom. The summed E-state index contributed by atoms with van der Waals surface area (Å²) in [6.45, 7) is -0.423. The van der Waals surface area contributed by atoms with Crippen molar-refractivity contribution in [2.45, 2.75) is 6.61 Å². The highest BCUT2D eigenvalue weighted by molar-refractivity contribution is 6.56. The molecule has 0 aliphatic rings. The van der Waals surface area contributed by atoms with Crippen LogP contribution in [-0.4, -0.2) is 10.1 Å². The van der Waals surface area contributed by atoms with Gasteiger partial charge in [-0.2, -0.15) is 0 Å². The van der Waals surface area contributed by atoms with E-state index in [2.05, 4.69) is 4.98 Å². The van der Waals surface area contributed by atoms with Gasteiger partial charge in [-0.05, 0) is 6.07 Å². The van der Waals surface area contributed by atoms with Gasteiger partial charge in [0.25, 0.3) is 5.56 Å². The average molecular weight is 373 g/mol. The quantitative estimate of drug-likeness (QED) is 0.587. The summed E-state index contributed by atoms with van der Waals surface area (Å²) >= 11 is 30.1. The van der Waals surface area contributed by atoms with Crippen molar-refractivity contribution in [1.29, 1.82) is 0 Å². The first-order valence-corrected chi connectivity index (χ1v) is 7.11. The van der Waals surface area contributed by atoms with Crippen LogP contribution in [0.3, 0.4) is 0 Å². The van der Waals surface area contributed by atoms with Crippen LogP contribution in [-0.2, 0) is 6.61 Å². The maximum atomic E-state index is 11.4. The van der Waals surface area contributed by atoms with E-state index in [0.717, 1.165) is 0 Å². The molecule has 0 bridgehead atoms. The van der Waals surface area contributed by atoms with E-state index in [1.807, 2.05) is 0 Å². The summed E-state index contributed by atoms with van der Waals surface area (Å²) in [6.07, 6.45) is 1.40. The van der Waals surface area contributed by atoms with Crippen LogP contribution in [0, 0.1) is 0 Å². The van der Waals surface area contributed by atoms with Gasteiger partial charge in [-0.3, -0.25) is 4.79 Å². The van der Waals surface area contributed by atoms with Crippen LogP contribution in [0.25, 0.3) is 11.1 Å². The summed E-state index contributed by atoms with van der Waals surface area (Å²) in [7, 11) is 0. The lowest BCUT2D eigenvalue weighted by Crippen LogP contribution is -2.11. The first kappa shape index (κ1) is 16.0. The van der Waals surface area contributed by atoms with Crippen molar-refractivity contribution in [3.63, 3.8) is 0 Å². The molecule has 2 rings (SSSR count). The van der Waals surface area contributed by atoms with Crippen molar-refractivity contribution in [3.05, 3.63) is 53.3 Å². The lowest BCUT2D eigenvalue weighted by molar-refractivity contribution is 0.280.